The van der Waals surface area contributed by atoms with E-state index in [2.05, 4.69) is 45.0 Å². The standard InChI is InChI=1S/C15H22/c1-15(2,3)14-10-8-13(9-11-14)12-6-4-5-7-12/h8-12H,4-7H2,1-3H3. The molecular formula is C15H22. The van der Waals surface area contributed by atoms with Crippen molar-refractivity contribution in [3.8, 4) is 0 Å². The monoisotopic (exact) mass is 202 g/mol. The Morgan fingerprint density at radius 1 is 0.933 bits per heavy atom. The van der Waals surface area contributed by atoms with E-state index in [9.17, 15) is 0 Å². The second kappa shape index (κ2) is 4.00. The molecule has 0 amide bonds. The molecular weight excluding hydrogens is 180 g/mol. The summed E-state index contributed by atoms with van der Waals surface area (Å²) in [7, 11) is 0. The predicted molar refractivity (Wildman–Crippen MR) is 66.4 cm³/mol. The third-order valence-corrected chi connectivity index (χ3v) is 3.60. The first-order valence-corrected chi connectivity index (χ1v) is 6.18. The van der Waals surface area contributed by atoms with Crippen LogP contribution in [0, 0.1) is 0 Å². The summed E-state index contributed by atoms with van der Waals surface area (Å²) in [6, 6.07) is 9.31. The van der Waals surface area contributed by atoms with E-state index >= 15 is 0 Å². The third-order valence-electron chi connectivity index (χ3n) is 3.60. The van der Waals surface area contributed by atoms with E-state index < -0.39 is 0 Å². The number of hydrogen-bond acceptors (Lipinski definition) is 0. The van der Waals surface area contributed by atoms with Crippen LogP contribution in [-0.4, -0.2) is 0 Å². The summed E-state index contributed by atoms with van der Waals surface area (Å²) < 4.78 is 0. The van der Waals surface area contributed by atoms with Gasteiger partial charge in [0.2, 0.25) is 0 Å². The zero-order valence-corrected chi connectivity index (χ0v) is 10.2. The van der Waals surface area contributed by atoms with Crippen LogP contribution in [0.3, 0.4) is 0 Å². The number of hydrogen-bond donors (Lipinski definition) is 0. The second-order valence-electron chi connectivity index (χ2n) is 5.85. The molecule has 0 nitrogen and oxygen atoms in total. The van der Waals surface area contributed by atoms with Crippen molar-refractivity contribution in [3.63, 3.8) is 0 Å². The highest BCUT2D eigenvalue weighted by atomic mass is 14.2. The third kappa shape index (κ3) is 2.42. The summed E-state index contributed by atoms with van der Waals surface area (Å²) >= 11 is 0. The molecule has 0 unspecified atom stereocenters. The second-order valence-corrected chi connectivity index (χ2v) is 5.85. The molecule has 0 heteroatoms. The highest BCUT2D eigenvalue weighted by Gasteiger charge is 2.18. The zero-order chi connectivity index (χ0) is 10.9. The highest BCUT2D eigenvalue weighted by Crippen LogP contribution is 2.34. The Hall–Kier alpha value is -0.780. The summed E-state index contributed by atoms with van der Waals surface area (Å²) in [6.07, 6.45) is 5.64. The van der Waals surface area contributed by atoms with Crippen LogP contribution in [0.25, 0.3) is 0 Å². The quantitative estimate of drug-likeness (QED) is 0.622. The van der Waals surface area contributed by atoms with E-state index in [4.69, 9.17) is 0 Å². The molecule has 1 saturated carbocycles. The zero-order valence-electron chi connectivity index (χ0n) is 10.2. The molecule has 1 aliphatic rings. The SMILES string of the molecule is CC(C)(C)c1ccc(C2CCCC2)cc1. The van der Waals surface area contributed by atoms with Gasteiger partial charge in [-0.1, -0.05) is 57.9 Å². The minimum absolute atomic E-state index is 0.286. The number of rotatable bonds is 1. The summed E-state index contributed by atoms with van der Waals surface area (Å²) in [5.74, 6) is 0.846. The van der Waals surface area contributed by atoms with Crippen LogP contribution in [0.4, 0.5) is 0 Å². The minimum atomic E-state index is 0.286. The molecule has 0 saturated heterocycles. The lowest BCUT2D eigenvalue weighted by Crippen LogP contribution is -2.10. The fourth-order valence-electron chi connectivity index (χ4n) is 2.51. The Balaban J connectivity index is 2.16. The molecule has 0 radical (unpaired) electrons. The van der Waals surface area contributed by atoms with Crippen LogP contribution in [0.15, 0.2) is 24.3 Å². The molecule has 1 aromatic carbocycles. The minimum Gasteiger partial charge on any atom is -0.0585 e. The molecule has 0 atom stereocenters. The highest BCUT2D eigenvalue weighted by molar-refractivity contribution is 5.29. The van der Waals surface area contributed by atoms with Gasteiger partial charge in [-0.15, -0.1) is 0 Å². The summed E-state index contributed by atoms with van der Waals surface area (Å²) in [4.78, 5) is 0. The van der Waals surface area contributed by atoms with Crippen molar-refractivity contribution in [2.75, 3.05) is 0 Å². The van der Waals surface area contributed by atoms with Gasteiger partial charge in [-0.25, -0.2) is 0 Å². The van der Waals surface area contributed by atoms with E-state index in [0.717, 1.165) is 5.92 Å². The molecule has 1 aromatic rings. The Morgan fingerprint density at radius 2 is 1.47 bits per heavy atom. The van der Waals surface area contributed by atoms with Gasteiger partial charge in [-0.2, -0.15) is 0 Å². The average Bonchev–Trinajstić information content (AvgIpc) is 2.69. The van der Waals surface area contributed by atoms with E-state index in [1.165, 1.54) is 31.2 Å². The van der Waals surface area contributed by atoms with Gasteiger partial charge < -0.3 is 0 Å². The lowest BCUT2D eigenvalue weighted by molar-refractivity contribution is 0.589. The maximum atomic E-state index is 2.34. The Kier molecular flexibility index (Phi) is 2.86. The first-order chi connectivity index (χ1) is 7.07. The summed E-state index contributed by atoms with van der Waals surface area (Å²) in [5, 5.41) is 0. The van der Waals surface area contributed by atoms with Crippen molar-refractivity contribution in [2.24, 2.45) is 0 Å². The average molecular weight is 202 g/mol. The van der Waals surface area contributed by atoms with Crippen molar-refractivity contribution in [2.45, 2.75) is 57.8 Å². The van der Waals surface area contributed by atoms with Crippen LogP contribution >= 0.6 is 0 Å². The Bertz CT molecular complexity index is 307. The maximum Gasteiger partial charge on any atom is -0.0132 e. The molecule has 15 heavy (non-hydrogen) atoms. The summed E-state index contributed by atoms with van der Waals surface area (Å²) in [6.45, 7) is 6.83. The summed E-state index contributed by atoms with van der Waals surface area (Å²) in [5.41, 5.74) is 3.29. The molecule has 0 spiro atoms. The largest absolute Gasteiger partial charge is 0.0585 e. The molecule has 0 heterocycles. The Morgan fingerprint density at radius 3 is 1.93 bits per heavy atom. The van der Waals surface area contributed by atoms with Crippen LogP contribution < -0.4 is 0 Å². The molecule has 0 aliphatic heterocycles. The van der Waals surface area contributed by atoms with E-state index in [-0.39, 0.29) is 5.41 Å². The molecule has 82 valence electrons. The van der Waals surface area contributed by atoms with Crippen molar-refractivity contribution >= 4 is 0 Å². The smallest absolute Gasteiger partial charge is 0.0132 e. The number of benzene rings is 1. The fourth-order valence-corrected chi connectivity index (χ4v) is 2.51. The van der Waals surface area contributed by atoms with Crippen LogP contribution in [-0.2, 0) is 5.41 Å². The van der Waals surface area contributed by atoms with Crippen LogP contribution in [0.2, 0.25) is 0 Å². The van der Waals surface area contributed by atoms with Gasteiger partial charge in [0.05, 0.1) is 0 Å². The van der Waals surface area contributed by atoms with E-state index in [0.29, 0.717) is 0 Å². The van der Waals surface area contributed by atoms with Gasteiger partial charge in [-0.3, -0.25) is 0 Å². The maximum absolute atomic E-state index is 2.34. The van der Waals surface area contributed by atoms with E-state index in [1.807, 2.05) is 0 Å². The first-order valence-electron chi connectivity index (χ1n) is 6.18. The van der Waals surface area contributed by atoms with Crippen molar-refractivity contribution in [1.82, 2.24) is 0 Å². The molecule has 0 bridgehead atoms. The first kappa shape index (κ1) is 10.7. The molecule has 1 fully saturated rings. The van der Waals surface area contributed by atoms with Gasteiger partial charge in [0, 0.05) is 0 Å². The molecule has 0 aromatic heterocycles. The van der Waals surface area contributed by atoms with Gasteiger partial charge >= 0.3 is 0 Å². The van der Waals surface area contributed by atoms with Gasteiger partial charge in [-0.05, 0) is 35.3 Å². The van der Waals surface area contributed by atoms with E-state index in [1.54, 1.807) is 5.56 Å². The van der Waals surface area contributed by atoms with Crippen molar-refractivity contribution in [1.29, 1.82) is 0 Å². The topological polar surface area (TPSA) is 0 Å². The van der Waals surface area contributed by atoms with Crippen LogP contribution in [0.5, 0.6) is 0 Å². The van der Waals surface area contributed by atoms with Gasteiger partial charge in [0.15, 0.2) is 0 Å². The molecule has 1 aliphatic carbocycles. The van der Waals surface area contributed by atoms with Crippen LogP contribution in [0.1, 0.15) is 63.5 Å². The Labute approximate surface area is 93.7 Å². The van der Waals surface area contributed by atoms with Gasteiger partial charge in [0.25, 0.3) is 0 Å². The van der Waals surface area contributed by atoms with Gasteiger partial charge in [0.1, 0.15) is 0 Å². The molecule has 0 N–H and O–H groups in total. The predicted octanol–water partition coefficient (Wildman–Crippen LogP) is 4.64. The normalized spacial score (nSPS) is 18.3. The fraction of sp³-hybridized carbons (Fsp3) is 0.600. The van der Waals surface area contributed by atoms with Crippen molar-refractivity contribution in [3.05, 3.63) is 35.4 Å². The molecule has 2 rings (SSSR count). The lowest BCUT2D eigenvalue weighted by Gasteiger charge is -2.20. The lowest BCUT2D eigenvalue weighted by atomic mass is 9.85. The van der Waals surface area contributed by atoms with Crippen molar-refractivity contribution < 1.29 is 0 Å².